The van der Waals surface area contributed by atoms with Crippen molar-refractivity contribution in [2.24, 2.45) is 0 Å². The summed E-state index contributed by atoms with van der Waals surface area (Å²) in [5, 5.41) is 4.61. The Hall–Kier alpha value is -1.28. The molecule has 0 fully saturated rings. The zero-order valence-electron chi connectivity index (χ0n) is 7.24. The van der Waals surface area contributed by atoms with E-state index in [-0.39, 0.29) is 0 Å². The largest absolute Gasteiger partial charge is 0.239 e. The summed E-state index contributed by atoms with van der Waals surface area (Å²) >= 11 is 5.71. The van der Waals surface area contributed by atoms with E-state index in [1.54, 1.807) is 10.7 Å². The van der Waals surface area contributed by atoms with Gasteiger partial charge in [-0.1, -0.05) is 29.3 Å². The van der Waals surface area contributed by atoms with Crippen LogP contribution in [0, 0.1) is 6.92 Å². The van der Waals surface area contributed by atoms with Crippen LogP contribution in [0.4, 0.5) is 0 Å². The molecule has 66 valence electrons. The van der Waals surface area contributed by atoms with E-state index in [0.29, 0.717) is 5.15 Å². The Morgan fingerprint density at radius 3 is 2.38 bits per heavy atom. The Morgan fingerprint density at radius 1 is 1.15 bits per heavy atom. The molecule has 0 saturated carbocycles. The van der Waals surface area contributed by atoms with E-state index in [1.165, 1.54) is 5.56 Å². The van der Waals surface area contributed by atoms with Crippen molar-refractivity contribution in [2.45, 2.75) is 6.92 Å². The molecule has 3 heteroatoms. The summed E-state index contributed by atoms with van der Waals surface area (Å²) in [6.45, 7) is 2.06. The Kier molecular flexibility index (Phi) is 2.07. The van der Waals surface area contributed by atoms with Crippen LogP contribution >= 0.6 is 11.6 Å². The predicted octanol–water partition coefficient (Wildman–Crippen LogP) is 2.83. The van der Waals surface area contributed by atoms with Gasteiger partial charge in [-0.2, -0.15) is 5.10 Å². The second-order valence-corrected chi connectivity index (χ2v) is 3.31. The highest BCUT2D eigenvalue weighted by Gasteiger charge is 1.97. The molecule has 2 rings (SSSR count). The number of benzene rings is 1. The summed E-state index contributed by atoms with van der Waals surface area (Å²) in [4.78, 5) is 0. The average molecular weight is 193 g/mol. The van der Waals surface area contributed by atoms with Crippen LogP contribution in [-0.4, -0.2) is 9.78 Å². The highest BCUT2D eigenvalue weighted by molar-refractivity contribution is 6.29. The van der Waals surface area contributed by atoms with E-state index in [9.17, 15) is 0 Å². The fourth-order valence-corrected chi connectivity index (χ4v) is 1.28. The molecule has 0 aliphatic heterocycles. The second kappa shape index (κ2) is 3.23. The summed E-state index contributed by atoms with van der Waals surface area (Å²) in [7, 11) is 0. The van der Waals surface area contributed by atoms with E-state index < -0.39 is 0 Å². The first kappa shape index (κ1) is 8.32. The van der Waals surface area contributed by atoms with Crippen molar-refractivity contribution in [3.8, 4) is 5.69 Å². The molecule has 2 nitrogen and oxygen atoms in total. The number of hydrogen-bond donors (Lipinski definition) is 0. The number of hydrogen-bond acceptors (Lipinski definition) is 1. The van der Waals surface area contributed by atoms with Gasteiger partial charge in [-0.15, -0.1) is 0 Å². The number of nitrogens with zero attached hydrogens (tertiary/aromatic N) is 2. The van der Waals surface area contributed by atoms with Crippen LogP contribution in [0.2, 0.25) is 5.15 Å². The van der Waals surface area contributed by atoms with Crippen LogP contribution in [-0.2, 0) is 0 Å². The monoisotopic (exact) mass is 192 g/mol. The van der Waals surface area contributed by atoms with Crippen LogP contribution in [0.15, 0.2) is 36.5 Å². The zero-order chi connectivity index (χ0) is 9.26. The van der Waals surface area contributed by atoms with Gasteiger partial charge >= 0.3 is 0 Å². The van der Waals surface area contributed by atoms with Crippen molar-refractivity contribution >= 4 is 11.6 Å². The van der Waals surface area contributed by atoms with Gasteiger partial charge in [-0.3, -0.25) is 0 Å². The quantitative estimate of drug-likeness (QED) is 0.680. The Morgan fingerprint density at radius 2 is 1.85 bits per heavy atom. The first-order valence-electron chi connectivity index (χ1n) is 4.04. The van der Waals surface area contributed by atoms with Gasteiger partial charge in [0.15, 0.2) is 5.15 Å². The van der Waals surface area contributed by atoms with Crippen LogP contribution in [0.1, 0.15) is 5.56 Å². The van der Waals surface area contributed by atoms with Gasteiger partial charge in [-0.25, -0.2) is 4.68 Å². The molecule has 0 radical (unpaired) electrons. The first-order chi connectivity index (χ1) is 6.25. The highest BCUT2D eigenvalue weighted by atomic mass is 35.5. The molecule has 13 heavy (non-hydrogen) atoms. The van der Waals surface area contributed by atoms with Crippen LogP contribution in [0.25, 0.3) is 5.69 Å². The smallest absolute Gasteiger partial charge is 0.151 e. The van der Waals surface area contributed by atoms with Crippen molar-refractivity contribution in [3.63, 3.8) is 0 Å². The molecule has 0 amide bonds. The summed E-state index contributed by atoms with van der Waals surface area (Å²) in [6, 6.07) is 9.88. The van der Waals surface area contributed by atoms with Crippen molar-refractivity contribution < 1.29 is 0 Å². The Balaban J connectivity index is 2.41. The molecule has 0 saturated heterocycles. The number of aryl methyl sites for hydroxylation is 1. The molecular formula is C10H9ClN2. The summed E-state index contributed by atoms with van der Waals surface area (Å²) in [5.74, 6) is 0. The van der Waals surface area contributed by atoms with Crippen molar-refractivity contribution in [2.75, 3.05) is 0 Å². The molecule has 1 aromatic carbocycles. The molecule has 0 aliphatic rings. The lowest BCUT2D eigenvalue weighted by atomic mass is 10.2. The summed E-state index contributed by atoms with van der Waals surface area (Å²) < 4.78 is 1.75. The van der Waals surface area contributed by atoms with Crippen molar-refractivity contribution in [3.05, 3.63) is 47.2 Å². The second-order valence-electron chi connectivity index (χ2n) is 2.92. The minimum atomic E-state index is 0.514. The normalized spacial score (nSPS) is 10.3. The van der Waals surface area contributed by atoms with Crippen LogP contribution in [0.3, 0.4) is 0 Å². The minimum Gasteiger partial charge on any atom is -0.239 e. The lowest BCUT2D eigenvalue weighted by Gasteiger charge is -2.00. The highest BCUT2D eigenvalue weighted by Crippen LogP contribution is 2.10. The standard InChI is InChI=1S/C10H9ClN2/c1-8-2-4-9(5-3-8)13-7-6-10(11)12-13/h2-7H,1H3. The fraction of sp³-hybridized carbons (Fsp3) is 0.100. The molecule has 0 N–H and O–H groups in total. The molecule has 0 atom stereocenters. The van der Waals surface area contributed by atoms with Gasteiger partial charge in [0.2, 0.25) is 0 Å². The van der Waals surface area contributed by atoms with Gasteiger partial charge in [0.25, 0.3) is 0 Å². The molecule has 0 aliphatic carbocycles. The van der Waals surface area contributed by atoms with Gasteiger partial charge < -0.3 is 0 Å². The molecule has 0 unspecified atom stereocenters. The summed E-state index contributed by atoms with van der Waals surface area (Å²) in [6.07, 6.45) is 1.84. The summed E-state index contributed by atoms with van der Waals surface area (Å²) in [5.41, 5.74) is 2.26. The lowest BCUT2D eigenvalue weighted by Crippen LogP contribution is -1.93. The molecule has 2 aromatic rings. The van der Waals surface area contributed by atoms with E-state index in [1.807, 2.05) is 30.5 Å². The number of halogens is 1. The molecule has 0 bridgehead atoms. The van der Waals surface area contributed by atoms with Crippen molar-refractivity contribution in [1.29, 1.82) is 0 Å². The third-order valence-electron chi connectivity index (χ3n) is 1.86. The van der Waals surface area contributed by atoms with Crippen molar-refractivity contribution in [1.82, 2.24) is 9.78 Å². The van der Waals surface area contributed by atoms with E-state index >= 15 is 0 Å². The van der Waals surface area contributed by atoms with Gasteiger partial charge in [0, 0.05) is 6.20 Å². The van der Waals surface area contributed by atoms with E-state index in [0.717, 1.165) is 5.69 Å². The van der Waals surface area contributed by atoms with Crippen LogP contribution < -0.4 is 0 Å². The van der Waals surface area contributed by atoms with E-state index in [4.69, 9.17) is 11.6 Å². The Bertz CT molecular complexity index is 403. The topological polar surface area (TPSA) is 17.8 Å². The molecule has 1 aromatic heterocycles. The SMILES string of the molecule is Cc1ccc(-n2ccc(Cl)n2)cc1. The maximum Gasteiger partial charge on any atom is 0.151 e. The molecular weight excluding hydrogens is 184 g/mol. The zero-order valence-corrected chi connectivity index (χ0v) is 7.99. The number of aromatic nitrogens is 2. The maximum absolute atomic E-state index is 5.71. The third kappa shape index (κ3) is 1.73. The van der Waals surface area contributed by atoms with Gasteiger partial charge in [0.1, 0.15) is 0 Å². The van der Waals surface area contributed by atoms with E-state index in [2.05, 4.69) is 12.0 Å². The average Bonchev–Trinajstić information content (AvgIpc) is 2.53. The first-order valence-corrected chi connectivity index (χ1v) is 4.42. The lowest BCUT2D eigenvalue weighted by molar-refractivity contribution is 0.880. The maximum atomic E-state index is 5.71. The molecule has 1 heterocycles. The Labute approximate surface area is 81.8 Å². The number of rotatable bonds is 1. The third-order valence-corrected chi connectivity index (χ3v) is 2.06. The van der Waals surface area contributed by atoms with Crippen LogP contribution in [0.5, 0.6) is 0 Å². The minimum absolute atomic E-state index is 0.514. The van der Waals surface area contributed by atoms with Gasteiger partial charge in [-0.05, 0) is 25.1 Å². The fourth-order valence-electron chi connectivity index (χ4n) is 1.14. The van der Waals surface area contributed by atoms with Gasteiger partial charge in [0.05, 0.1) is 5.69 Å². The predicted molar refractivity (Wildman–Crippen MR) is 53.3 cm³/mol. The molecule has 0 spiro atoms.